The molecule has 0 saturated carbocycles. The van der Waals surface area contributed by atoms with E-state index in [2.05, 4.69) is 5.32 Å². The van der Waals surface area contributed by atoms with Crippen molar-refractivity contribution in [1.82, 2.24) is 5.32 Å². The average molecular weight is 263 g/mol. The third-order valence-electron chi connectivity index (χ3n) is 1.94. The standard InChI is InChI=1S/C10H12F3N.2C2H6/c1-14-7-6-8-2-4-9(5-3-8)10(11,12)13;2*1-2/h2-5,14H,6-7H2,1H3;2*1-2H3. The van der Waals surface area contributed by atoms with Crippen LogP contribution < -0.4 is 5.32 Å². The Kier molecular flexibility index (Phi) is 11.9. The number of nitrogens with one attached hydrogen (secondary N) is 1. The van der Waals surface area contributed by atoms with Crippen molar-refractivity contribution in [1.29, 1.82) is 0 Å². The lowest BCUT2D eigenvalue weighted by Gasteiger charge is -2.07. The van der Waals surface area contributed by atoms with Gasteiger partial charge in [0.1, 0.15) is 0 Å². The van der Waals surface area contributed by atoms with Crippen LogP contribution in [-0.4, -0.2) is 13.6 Å². The van der Waals surface area contributed by atoms with Crippen molar-refractivity contribution in [2.75, 3.05) is 13.6 Å². The Morgan fingerprint density at radius 1 is 0.944 bits per heavy atom. The van der Waals surface area contributed by atoms with Crippen molar-refractivity contribution in [3.63, 3.8) is 0 Å². The summed E-state index contributed by atoms with van der Waals surface area (Å²) in [6, 6.07) is 5.26. The van der Waals surface area contributed by atoms with Gasteiger partial charge in [0.2, 0.25) is 0 Å². The van der Waals surface area contributed by atoms with Crippen molar-refractivity contribution in [3.8, 4) is 0 Å². The van der Waals surface area contributed by atoms with Gasteiger partial charge in [0.15, 0.2) is 0 Å². The Morgan fingerprint density at radius 3 is 1.72 bits per heavy atom. The molecule has 0 aliphatic carbocycles. The lowest BCUT2D eigenvalue weighted by molar-refractivity contribution is -0.137. The van der Waals surface area contributed by atoms with Crippen LogP contribution in [0.5, 0.6) is 0 Å². The molecule has 0 amide bonds. The third-order valence-corrected chi connectivity index (χ3v) is 1.94. The molecule has 0 aromatic heterocycles. The quantitative estimate of drug-likeness (QED) is 0.845. The summed E-state index contributed by atoms with van der Waals surface area (Å²) in [7, 11) is 1.81. The molecule has 106 valence electrons. The van der Waals surface area contributed by atoms with E-state index in [0.29, 0.717) is 0 Å². The molecule has 0 radical (unpaired) electrons. The van der Waals surface area contributed by atoms with Crippen LogP contribution >= 0.6 is 0 Å². The Morgan fingerprint density at radius 2 is 1.39 bits per heavy atom. The van der Waals surface area contributed by atoms with Gasteiger partial charge in [0.05, 0.1) is 5.56 Å². The molecule has 0 saturated heterocycles. The van der Waals surface area contributed by atoms with E-state index in [1.807, 2.05) is 34.7 Å². The van der Waals surface area contributed by atoms with Gasteiger partial charge in [0, 0.05) is 0 Å². The minimum absolute atomic E-state index is 0.592. The zero-order chi connectivity index (χ0) is 14.6. The molecule has 0 unspecified atom stereocenters. The van der Waals surface area contributed by atoms with E-state index >= 15 is 0 Å². The van der Waals surface area contributed by atoms with Crippen LogP contribution in [-0.2, 0) is 12.6 Å². The van der Waals surface area contributed by atoms with E-state index in [0.717, 1.165) is 30.7 Å². The van der Waals surface area contributed by atoms with Crippen LogP contribution in [0.1, 0.15) is 38.8 Å². The molecule has 1 rings (SSSR count). The van der Waals surface area contributed by atoms with Crippen LogP contribution in [0.4, 0.5) is 13.2 Å². The number of hydrogen-bond donors (Lipinski definition) is 1. The molecule has 0 aliphatic rings. The first-order valence-electron chi connectivity index (χ1n) is 6.35. The third kappa shape index (κ3) is 8.12. The van der Waals surface area contributed by atoms with Crippen molar-refractivity contribution in [2.45, 2.75) is 40.3 Å². The molecule has 0 heterocycles. The summed E-state index contributed by atoms with van der Waals surface area (Å²) in [6.07, 6.45) is -3.49. The highest BCUT2D eigenvalue weighted by Crippen LogP contribution is 2.28. The van der Waals surface area contributed by atoms with Crippen LogP contribution in [0, 0.1) is 0 Å². The number of rotatable bonds is 3. The molecule has 4 heteroatoms. The molecule has 0 spiro atoms. The fraction of sp³-hybridized carbons (Fsp3) is 0.571. The first-order valence-corrected chi connectivity index (χ1v) is 6.35. The van der Waals surface area contributed by atoms with Gasteiger partial charge >= 0.3 is 6.18 Å². The molecule has 0 fully saturated rings. The second-order valence-electron chi connectivity index (χ2n) is 3.05. The van der Waals surface area contributed by atoms with Gasteiger partial charge < -0.3 is 5.32 Å². The highest BCUT2D eigenvalue weighted by atomic mass is 19.4. The number of alkyl halides is 3. The molecule has 1 N–H and O–H groups in total. The molecule has 0 bridgehead atoms. The molecular weight excluding hydrogens is 239 g/mol. The van der Waals surface area contributed by atoms with E-state index < -0.39 is 11.7 Å². The van der Waals surface area contributed by atoms with E-state index in [1.54, 1.807) is 0 Å². The highest BCUT2D eigenvalue weighted by molar-refractivity contribution is 5.24. The highest BCUT2D eigenvalue weighted by Gasteiger charge is 2.29. The second kappa shape index (κ2) is 11.1. The summed E-state index contributed by atoms with van der Waals surface area (Å²) in [4.78, 5) is 0. The summed E-state index contributed by atoms with van der Waals surface area (Å²) >= 11 is 0. The van der Waals surface area contributed by atoms with E-state index in [4.69, 9.17) is 0 Å². The summed E-state index contributed by atoms with van der Waals surface area (Å²) in [5.41, 5.74) is 0.318. The molecule has 0 atom stereocenters. The zero-order valence-electron chi connectivity index (χ0n) is 11.9. The van der Waals surface area contributed by atoms with Crippen LogP contribution in [0.15, 0.2) is 24.3 Å². The summed E-state index contributed by atoms with van der Waals surface area (Å²) in [5.74, 6) is 0. The van der Waals surface area contributed by atoms with Gasteiger partial charge in [-0.05, 0) is 37.7 Å². The van der Waals surface area contributed by atoms with Gasteiger partial charge in [-0.2, -0.15) is 13.2 Å². The largest absolute Gasteiger partial charge is 0.416 e. The van der Waals surface area contributed by atoms with Gasteiger partial charge in [-0.15, -0.1) is 0 Å². The lowest BCUT2D eigenvalue weighted by Crippen LogP contribution is -2.10. The van der Waals surface area contributed by atoms with Crippen LogP contribution in [0.3, 0.4) is 0 Å². The number of hydrogen-bond acceptors (Lipinski definition) is 1. The average Bonchev–Trinajstić information content (AvgIpc) is 2.40. The van der Waals surface area contributed by atoms with E-state index in [1.165, 1.54) is 12.1 Å². The van der Waals surface area contributed by atoms with Crippen molar-refractivity contribution in [2.24, 2.45) is 0 Å². The lowest BCUT2D eigenvalue weighted by atomic mass is 10.1. The summed E-state index contributed by atoms with van der Waals surface area (Å²) < 4.78 is 36.5. The van der Waals surface area contributed by atoms with E-state index in [-0.39, 0.29) is 0 Å². The van der Waals surface area contributed by atoms with Gasteiger partial charge in [-0.1, -0.05) is 39.8 Å². The first kappa shape index (κ1) is 19.3. The molecule has 18 heavy (non-hydrogen) atoms. The second-order valence-corrected chi connectivity index (χ2v) is 3.05. The maximum atomic E-state index is 12.2. The van der Waals surface area contributed by atoms with Crippen LogP contribution in [0.2, 0.25) is 0 Å². The first-order chi connectivity index (χ1) is 8.54. The molecule has 0 aliphatic heterocycles. The predicted molar refractivity (Wildman–Crippen MR) is 71.8 cm³/mol. The fourth-order valence-electron chi connectivity index (χ4n) is 1.13. The van der Waals surface area contributed by atoms with Gasteiger partial charge in [-0.25, -0.2) is 0 Å². The minimum Gasteiger partial charge on any atom is -0.319 e. The van der Waals surface area contributed by atoms with Gasteiger partial charge in [-0.3, -0.25) is 0 Å². The zero-order valence-corrected chi connectivity index (χ0v) is 11.9. The topological polar surface area (TPSA) is 12.0 Å². The number of likely N-dealkylation sites (N-methyl/N-ethyl adjacent to an activating group) is 1. The normalized spacial score (nSPS) is 9.78. The Balaban J connectivity index is 0. The summed E-state index contributed by atoms with van der Waals surface area (Å²) in [6.45, 7) is 8.77. The predicted octanol–water partition coefficient (Wildman–Crippen LogP) is 4.52. The maximum absolute atomic E-state index is 12.2. The van der Waals surface area contributed by atoms with Crippen molar-refractivity contribution in [3.05, 3.63) is 35.4 Å². The van der Waals surface area contributed by atoms with Crippen molar-refractivity contribution < 1.29 is 13.2 Å². The molecular formula is C14H24F3N. The van der Waals surface area contributed by atoms with Gasteiger partial charge in [0.25, 0.3) is 0 Å². The maximum Gasteiger partial charge on any atom is 0.416 e. The monoisotopic (exact) mass is 263 g/mol. The Labute approximate surface area is 108 Å². The SMILES string of the molecule is CC.CC.CNCCc1ccc(C(F)(F)F)cc1. The van der Waals surface area contributed by atoms with Crippen LogP contribution in [0.25, 0.3) is 0 Å². The summed E-state index contributed by atoms with van der Waals surface area (Å²) in [5, 5.41) is 2.94. The Hall–Kier alpha value is -1.03. The Bertz CT molecular complexity index is 278. The smallest absolute Gasteiger partial charge is 0.319 e. The molecule has 1 nitrogen and oxygen atoms in total. The number of benzene rings is 1. The number of halogens is 3. The minimum atomic E-state index is -4.23. The fourth-order valence-corrected chi connectivity index (χ4v) is 1.13. The molecule has 1 aromatic rings. The van der Waals surface area contributed by atoms with E-state index in [9.17, 15) is 13.2 Å². The molecule has 1 aromatic carbocycles. The van der Waals surface area contributed by atoms with Crippen molar-refractivity contribution >= 4 is 0 Å².